The van der Waals surface area contributed by atoms with Crippen LogP contribution in [0.5, 0.6) is 0 Å². The second kappa shape index (κ2) is 2.05. The molecule has 0 spiro atoms. The van der Waals surface area contributed by atoms with E-state index in [2.05, 4.69) is 5.32 Å². The van der Waals surface area contributed by atoms with Gasteiger partial charge in [0.25, 0.3) is 0 Å². The molecule has 8 heavy (non-hydrogen) atoms. The second-order valence-electron chi connectivity index (χ2n) is 1.87. The SMILES string of the molecule is CN1CNCC=C1O. The largest absolute Gasteiger partial charge is 0.495 e. The highest BCUT2D eigenvalue weighted by molar-refractivity contribution is 4.94. The van der Waals surface area contributed by atoms with Crippen molar-refractivity contribution in [2.24, 2.45) is 0 Å². The van der Waals surface area contributed by atoms with Gasteiger partial charge in [-0.05, 0) is 6.08 Å². The molecule has 0 aromatic rings. The molecule has 0 fully saturated rings. The lowest BCUT2D eigenvalue weighted by molar-refractivity contribution is 0.208. The Labute approximate surface area is 48.6 Å². The third-order valence-electron chi connectivity index (χ3n) is 1.17. The van der Waals surface area contributed by atoms with E-state index in [-0.39, 0.29) is 0 Å². The molecule has 0 atom stereocenters. The molecule has 1 aliphatic rings. The average molecular weight is 114 g/mol. The Morgan fingerprint density at radius 1 is 1.88 bits per heavy atom. The fraction of sp³-hybridized carbons (Fsp3) is 0.600. The van der Waals surface area contributed by atoms with Crippen LogP contribution in [0, 0.1) is 0 Å². The summed E-state index contributed by atoms with van der Waals surface area (Å²) in [4.78, 5) is 1.74. The number of nitrogens with zero attached hydrogens (tertiary/aromatic N) is 1. The standard InChI is InChI=1S/C5H10N2O/c1-7-4-6-3-2-5(7)8/h2,6,8H,3-4H2,1H3. The first-order valence-corrected chi connectivity index (χ1v) is 2.61. The normalized spacial score (nSPS) is 20.6. The van der Waals surface area contributed by atoms with Crippen LogP contribution in [0.1, 0.15) is 0 Å². The van der Waals surface area contributed by atoms with Crippen LogP contribution in [-0.4, -0.2) is 30.3 Å². The molecule has 1 aliphatic heterocycles. The van der Waals surface area contributed by atoms with E-state index in [0.29, 0.717) is 5.88 Å². The van der Waals surface area contributed by atoms with Crippen LogP contribution >= 0.6 is 0 Å². The Balaban J connectivity index is 2.53. The van der Waals surface area contributed by atoms with Crippen molar-refractivity contribution >= 4 is 0 Å². The molecule has 0 saturated carbocycles. The predicted octanol–water partition coefficient (Wildman–Crippen LogP) is -0.122. The summed E-state index contributed by atoms with van der Waals surface area (Å²) in [6, 6.07) is 0. The summed E-state index contributed by atoms with van der Waals surface area (Å²) in [5.74, 6) is 0.365. The van der Waals surface area contributed by atoms with Gasteiger partial charge in [0, 0.05) is 13.6 Å². The van der Waals surface area contributed by atoms with Gasteiger partial charge in [0.05, 0.1) is 6.67 Å². The van der Waals surface area contributed by atoms with Crippen LogP contribution in [0.25, 0.3) is 0 Å². The van der Waals surface area contributed by atoms with Gasteiger partial charge >= 0.3 is 0 Å². The van der Waals surface area contributed by atoms with Crippen molar-refractivity contribution in [2.45, 2.75) is 0 Å². The number of aliphatic hydroxyl groups is 1. The highest BCUT2D eigenvalue weighted by Gasteiger charge is 2.03. The lowest BCUT2D eigenvalue weighted by Crippen LogP contribution is -2.35. The Bertz CT molecular complexity index is 111. The molecule has 0 bridgehead atoms. The van der Waals surface area contributed by atoms with Crippen molar-refractivity contribution < 1.29 is 5.11 Å². The molecule has 0 aliphatic carbocycles. The molecular formula is C5H10N2O. The molecule has 0 unspecified atom stereocenters. The van der Waals surface area contributed by atoms with Gasteiger partial charge in [-0.25, -0.2) is 0 Å². The van der Waals surface area contributed by atoms with Crippen molar-refractivity contribution in [2.75, 3.05) is 20.3 Å². The molecule has 1 rings (SSSR count). The third kappa shape index (κ3) is 0.924. The zero-order valence-electron chi connectivity index (χ0n) is 4.89. The molecule has 0 aromatic carbocycles. The van der Waals surface area contributed by atoms with Crippen LogP contribution in [0.4, 0.5) is 0 Å². The molecule has 0 radical (unpaired) electrons. The zero-order valence-corrected chi connectivity index (χ0v) is 4.89. The molecule has 2 N–H and O–H groups in total. The minimum Gasteiger partial charge on any atom is -0.495 e. The lowest BCUT2D eigenvalue weighted by Gasteiger charge is -2.21. The minimum absolute atomic E-state index is 0.365. The van der Waals surface area contributed by atoms with E-state index >= 15 is 0 Å². The second-order valence-corrected chi connectivity index (χ2v) is 1.87. The topological polar surface area (TPSA) is 35.5 Å². The quantitative estimate of drug-likeness (QED) is 0.461. The predicted molar refractivity (Wildman–Crippen MR) is 31.3 cm³/mol. The van der Waals surface area contributed by atoms with Crippen LogP contribution in [-0.2, 0) is 0 Å². The van der Waals surface area contributed by atoms with Gasteiger partial charge in [-0.3, -0.25) is 5.32 Å². The van der Waals surface area contributed by atoms with Crippen LogP contribution in [0.15, 0.2) is 12.0 Å². The molecule has 0 amide bonds. The van der Waals surface area contributed by atoms with Crippen LogP contribution < -0.4 is 5.32 Å². The first kappa shape index (κ1) is 5.44. The molecular weight excluding hydrogens is 104 g/mol. The monoisotopic (exact) mass is 114 g/mol. The van der Waals surface area contributed by atoms with Crippen molar-refractivity contribution in [1.29, 1.82) is 0 Å². The molecule has 3 heteroatoms. The summed E-state index contributed by atoms with van der Waals surface area (Å²) < 4.78 is 0. The number of aliphatic hydroxyl groups excluding tert-OH is 1. The van der Waals surface area contributed by atoms with E-state index in [0.717, 1.165) is 13.2 Å². The maximum atomic E-state index is 8.92. The molecule has 46 valence electrons. The van der Waals surface area contributed by atoms with E-state index in [1.165, 1.54) is 0 Å². The van der Waals surface area contributed by atoms with Gasteiger partial charge in [0.2, 0.25) is 0 Å². The highest BCUT2D eigenvalue weighted by Crippen LogP contribution is 1.96. The van der Waals surface area contributed by atoms with Gasteiger partial charge in [0.1, 0.15) is 0 Å². The van der Waals surface area contributed by atoms with E-state index in [4.69, 9.17) is 5.11 Å². The first-order valence-electron chi connectivity index (χ1n) is 2.61. The highest BCUT2D eigenvalue weighted by atomic mass is 16.3. The summed E-state index contributed by atoms with van der Waals surface area (Å²) in [7, 11) is 1.83. The maximum Gasteiger partial charge on any atom is 0.184 e. The first-order chi connectivity index (χ1) is 3.80. The Hall–Kier alpha value is -0.700. The minimum atomic E-state index is 0.365. The summed E-state index contributed by atoms with van der Waals surface area (Å²) in [6.07, 6.45) is 1.74. The number of nitrogens with one attached hydrogen (secondary N) is 1. The van der Waals surface area contributed by atoms with Crippen molar-refractivity contribution in [1.82, 2.24) is 10.2 Å². The Morgan fingerprint density at radius 2 is 2.62 bits per heavy atom. The van der Waals surface area contributed by atoms with E-state index in [1.54, 1.807) is 11.0 Å². The van der Waals surface area contributed by atoms with Crippen molar-refractivity contribution in [3.63, 3.8) is 0 Å². The molecule has 1 heterocycles. The van der Waals surface area contributed by atoms with Gasteiger partial charge < -0.3 is 10.0 Å². The fourth-order valence-electron chi connectivity index (χ4n) is 0.633. The smallest absolute Gasteiger partial charge is 0.184 e. The summed E-state index contributed by atoms with van der Waals surface area (Å²) in [5, 5.41) is 12.0. The number of rotatable bonds is 0. The molecule has 0 aromatic heterocycles. The summed E-state index contributed by atoms with van der Waals surface area (Å²) in [5.41, 5.74) is 0. The van der Waals surface area contributed by atoms with Crippen LogP contribution in [0.2, 0.25) is 0 Å². The van der Waals surface area contributed by atoms with Gasteiger partial charge in [-0.2, -0.15) is 0 Å². The summed E-state index contributed by atoms with van der Waals surface area (Å²) in [6.45, 7) is 1.51. The van der Waals surface area contributed by atoms with Gasteiger partial charge in [-0.15, -0.1) is 0 Å². The molecule has 3 nitrogen and oxygen atoms in total. The van der Waals surface area contributed by atoms with Gasteiger partial charge in [0.15, 0.2) is 5.88 Å². The maximum absolute atomic E-state index is 8.92. The Morgan fingerprint density at radius 3 is 3.00 bits per heavy atom. The number of hydrogen-bond donors (Lipinski definition) is 2. The van der Waals surface area contributed by atoms with Gasteiger partial charge in [-0.1, -0.05) is 0 Å². The average Bonchev–Trinajstić information content (AvgIpc) is 1.77. The van der Waals surface area contributed by atoms with E-state index in [9.17, 15) is 0 Å². The fourth-order valence-corrected chi connectivity index (χ4v) is 0.633. The summed E-state index contributed by atoms with van der Waals surface area (Å²) >= 11 is 0. The van der Waals surface area contributed by atoms with E-state index in [1.807, 2.05) is 7.05 Å². The number of hydrogen-bond acceptors (Lipinski definition) is 3. The van der Waals surface area contributed by atoms with Crippen LogP contribution in [0.3, 0.4) is 0 Å². The zero-order chi connectivity index (χ0) is 5.98. The lowest BCUT2D eigenvalue weighted by atomic mass is 10.5. The molecule has 0 saturated heterocycles. The third-order valence-corrected chi connectivity index (χ3v) is 1.17. The van der Waals surface area contributed by atoms with Crippen molar-refractivity contribution in [3.05, 3.63) is 12.0 Å². The van der Waals surface area contributed by atoms with E-state index < -0.39 is 0 Å². The van der Waals surface area contributed by atoms with Crippen molar-refractivity contribution in [3.8, 4) is 0 Å². The Kier molecular flexibility index (Phi) is 1.39.